The lowest BCUT2D eigenvalue weighted by Crippen LogP contribution is -2.53. The lowest BCUT2D eigenvalue weighted by Gasteiger charge is -2.32. The Labute approximate surface area is 116 Å². The zero-order valence-electron chi connectivity index (χ0n) is 12.0. The zero-order valence-corrected chi connectivity index (χ0v) is 12.0. The first-order valence-electron chi connectivity index (χ1n) is 7.98. The molecule has 4 nitrogen and oxygen atoms in total. The molecule has 0 spiro atoms. The number of piperazine rings is 1. The van der Waals surface area contributed by atoms with Crippen molar-refractivity contribution in [1.29, 1.82) is 0 Å². The second-order valence-electron chi connectivity index (χ2n) is 6.55. The molecule has 0 aromatic rings. The third-order valence-corrected chi connectivity index (χ3v) is 5.05. The summed E-state index contributed by atoms with van der Waals surface area (Å²) in [5, 5.41) is 6.55. The van der Waals surface area contributed by atoms with Crippen molar-refractivity contribution >= 4 is 5.91 Å². The maximum Gasteiger partial charge on any atom is 0.237 e. The van der Waals surface area contributed by atoms with Gasteiger partial charge in [0.2, 0.25) is 5.91 Å². The first kappa shape index (κ1) is 13.4. The summed E-state index contributed by atoms with van der Waals surface area (Å²) in [7, 11) is 0. The molecule has 3 aliphatic rings. The van der Waals surface area contributed by atoms with E-state index in [0.29, 0.717) is 0 Å². The van der Waals surface area contributed by atoms with Gasteiger partial charge >= 0.3 is 0 Å². The van der Waals surface area contributed by atoms with Gasteiger partial charge in [-0.1, -0.05) is 0 Å². The molecule has 1 aliphatic heterocycles. The Balaban J connectivity index is 1.44. The minimum Gasteiger partial charge on any atom is -0.354 e. The minimum absolute atomic E-state index is 0.0288. The molecule has 1 unspecified atom stereocenters. The molecule has 2 aliphatic carbocycles. The van der Waals surface area contributed by atoms with Crippen molar-refractivity contribution in [2.75, 3.05) is 32.7 Å². The standard InChI is InChI=1S/C15H27N3O/c1-11(18-8-6-16-7-9-18)15(19)17-10-14(12-2-3-12)13-4-5-13/h11-14,16H,2-10H2,1H3,(H,17,19). The number of hydrogen-bond acceptors (Lipinski definition) is 3. The highest BCUT2D eigenvalue weighted by Crippen LogP contribution is 2.48. The molecule has 4 heteroatoms. The van der Waals surface area contributed by atoms with Crippen LogP contribution in [0.15, 0.2) is 0 Å². The normalized spacial score (nSPS) is 26.4. The highest BCUT2D eigenvalue weighted by molar-refractivity contribution is 5.81. The van der Waals surface area contributed by atoms with Crippen LogP contribution in [-0.4, -0.2) is 49.6 Å². The fourth-order valence-electron chi connectivity index (χ4n) is 3.37. The smallest absolute Gasteiger partial charge is 0.237 e. The van der Waals surface area contributed by atoms with Crippen LogP contribution in [0.3, 0.4) is 0 Å². The zero-order chi connectivity index (χ0) is 13.2. The van der Waals surface area contributed by atoms with Crippen LogP contribution in [0, 0.1) is 17.8 Å². The second kappa shape index (κ2) is 5.80. The van der Waals surface area contributed by atoms with E-state index in [1.807, 2.05) is 6.92 Å². The average molecular weight is 265 g/mol. The Bertz CT molecular complexity index is 307. The maximum absolute atomic E-state index is 12.3. The van der Waals surface area contributed by atoms with E-state index in [1.165, 1.54) is 25.7 Å². The molecule has 2 N–H and O–H groups in total. The molecule has 19 heavy (non-hydrogen) atoms. The molecule has 0 radical (unpaired) electrons. The van der Waals surface area contributed by atoms with Crippen LogP contribution in [0.2, 0.25) is 0 Å². The summed E-state index contributed by atoms with van der Waals surface area (Å²) in [6, 6.07) is 0.0288. The van der Waals surface area contributed by atoms with Crippen LogP contribution in [0.25, 0.3) is 0 Å². The highest BCUT2D eigenvalue weighted by Gasteiger charge is 2.41. The van der Waals surface area contributed by atoms with Crippen LogP contribution < -0.4 is 10.6 Å². The SMILES string of the molecule is CC(C(=O)NCC(C1CC1)C1CC1)N1CCNCC1. The van der Waals surface area contributed by atoms with E-state index in [2.05, 4.69) is 15.5 Å². The number of nitrogens with zero attached hydrogens (tertiary/aromatic N) is 1. The molecule has 1 atom stereocenters. The topological polar surface area (TPSA) is 44.4 Å². The lowest BCUT2D eigenvalue weighted by atomic mass is 9.98. The van der Waals surface area contributed by atoms with Crippen LogP contribution in [-0.2, 0) is 4.79 Å². The Hall–Kier alpha value is -0.610. The molecule has 3 rings (SSSR count). The van der Waals surface area contributed by atoms with Gasteiger partial charge in [-0.3, -0.25) is 9.69 Å². The van der Waals surface area contributed by atoms with Crippen molar-refractivity contribution in [2.24, 2.45) is 17.8 Å². The van der Waals surface area contributed by atoms with Gasteiger partial charge in [-0.2, -0.15) is 0 Å². The first-order valence-corrected chi connectivity index (χ1v) is 7.98. The lowest BCUT2D eigenvalue weighted by molar-refractivity contribution is -0.126. The summed E-state index contributed by atoms with van der Waals surface area (Å²) < 4.78 is 0. The molecule has 3 fully saturated rings. The predicted molar refractivity (Wildman–Crippen MR) is 75.9 cm³/mol. The number of nitrogens with one attached hydrogen (secondary N) is 2. The monoisotopic (exact) mass is 265 g/mol. The minimum atomic E-state index is 0.0288. The molecule has 108 valence electrons. The summed E-state index contributed by atoms with van der Waals surface area (Å²) in [6.45, 7) is 6.95. The molecule has 1 saturated heterocycles. The Kier molecular flexibility index (Phi) is 4.08. The van der Waals surface area contributed by atoms with Gasteiger partial charge in [0.25, 0.3) is 0 Å². The van der Waals surface area contributed by atoms with Gasteiger partial charge < -0.3 is 10.6 Å². The molecular weight excluding hydrogens is 238 g/mol. The van der Waals surface area contributed by atoms with E-state index in [4.69, 9.17) is 0 Å². The van der Waals surface area contributed by atoms with Gasteiger partial charge in [0.1, 0.15) is 0 Å². The quantitative estimate of drug-likeness (QED) is 0.748. The molecule has 0 bridgehead atoms. The fraction of sp³-hybridized carbons (Fsp3) is 0.933. The van der Waals surface area contributed by atoms with Crippen LogP contribution in [0.1, 0.15) is 32.6 Å². The predicted octanol–water partition coefficient (Wildman–Crippen LogP) is 0.833. The summed E-state index contributed by atoms with van der Waals surface area (Å²) in [4.78, 5) is 14.5. The third kappa shape index (κ3) is 3.48. The van der Waals surface area contributed by atoms with Crippen molar-refractivity contribution < 1.29 is 4.79 Å². The molecule has 0 aromatic heterocycles. The number of carbonyl (C=O) groups is 1. The van der Waals surface area contributed by atoms with Gasteiger partial charge in [-0.25, -0.2) is 0 Å². The van der Waals surface area contributed by atoms with Crippen molar-refractivity contribution in [3.8, 4) is 0 Å². The summed E-state index contributed by atoms with van der Waals surface area (Å²) in [5.41, 5.74) is 0. The Morgan fingerprint density at radius 2 is 1.79 bits per heavy atom. The largest absolute Gasteiger partial charge is 0.354 e. The Morgan fingerprint density at radius 3 is 2.32 bits per heavy atom. The fourth-order valence-corrected chi connectivity index (χ4v) is 3.37. The molecule has 0 aromatic carbocycles. The highest BCUT2D eigenvalue weighted by atomic mass is 16.2. The van der Waals surface area contributed by atoms with E-state index in [-0.39, 0.29) is 11.9 Å². The van der Waals surface area contributed by atoms with Crippen LogP contribution >= 0.6 is 0 Å². The second-order valence-corrected chi connectivity index (χ2v) is 6.55. The van der Waals surface area contributed by atoms with Gasteiger partial charge in [-0.15, -0.1) is 0 Å². The van der Waals surface area contributed by atoms with Crippen molar-refractivity contribution in [3.63, 3.8) is 0 Å². The van der Waals surface area contributed by atoms with E-state index < -0.39 is 0 Å². The van der Waals surface area contributed by atoms with Crippen molar-refractivity contribution in [2.45, 2.75) is 38.6 Å². The van der Waals surface area contributed by atoms with Crippen LogP contribution in [0.5, 0.6) is 0 Å². The molecule has 1 amide bonds. The van der Waals surface area contributed by atoms with Gasteiger partial charge in [0.15, 0.2) is 0 Å². The van der Waals surface area contributed by atoms with Crippen molar-refractivity contribution in [1.82, 2.24) is 15.5 Å². The number of amides is 1. The molecule has 1 heterocycles. The maximum atomic E-state index is 12.3. The number of carbonyl (C=O) groups excluding carboxylic acids is 1. The van der Waals surface area contributed by atoms with Gasteiger partial charge in [0.05, 0.1) is 6.04 Å². The average Bonchev–Trinajstić information content (AvgIpc) is 3.31. The van der Waals surface area contributed by atoms with E-state index in [1.54, 1.807) is 0 Å². The van der Waals surface area contributed by atoms with Gasteiger partial charge in [-0.05, 0) is 50.4 Å². The van der Waals surface area contributed by atoms with E-state index >= 15 is 0 Å². The summed E-state index contributed by atoms with van der Waals surface area (Å²) >= 11 is 0. The van der Waals surface area contributed by atoms with E-state index in [9.17, 15) is 4.79 Å². The molecular formula is C15H27N3O. The summed E-state index contributed by atoms with van der Waals surface area (Å²) in [6.07, 6.45) is 5.57. The summed E-state index contributed by atoms with van der Waals surface area (Å²) in [5.74, 6) is 2.84. The van der Waals surface area contributed by atoms with Crippen molar-refractivity contribution in [3.05, 3.63) is 0 Å². The van der Waals surface area contributed by atoms with Gasteiger partial charge in [0, 0.05) is 32.7 Å². The molecule has 2 saturated carbocycles. The van der Waals surface area contributed by atoms with Crippen LogP contribution in [0.4, 0.5) is 0 Å². The third-order valence-electron chi connectivity index (χ3n) is 5.05. The van der Waals surface area contributed by atoms with E-state index in [0.717, 1.165) is 50.5 Å². The number of rotatable bonds is 6. The Morgan fingerprint density at radius 1 is 1.21 bits per heavy atom. The number of hydrogen-bond donors (Lipinski definition) is 2. The first-order chi connectivity index (χ1) is 9.25.